The zero-order valence-electron chi connectivity index (χ0n) is 11.2. The fourth-order valence-electron chi connectivity index (χ4n) is 1.94. The van der Waals surface area contributed by atoms with Crippen molar-refractivity contribution >= 4 is 11.8 Å². The molecule has 0 spiro atoms. The molecule has 2 rings (SSSR count). The Balaban J connectivity index is 2.14. The first-order valence-corrected chi connectivity index (χ1v) is 7.25. The summed E-state index contributed by atoms with van der Waals surface area (Å²) in [5.41, 5.74) is 9.89. The Labute approximate surface area is 118 Å². The number of hydrogen-bond acceptors (Lipinski definition) is 2. The summed E-state index contributed by atoms with van der Waals surface area (Å²) in [7, 11) is 0. The van der Waals surface area contributed by atoms with E-state index in [1.165, 1.54) is 22.1 Å². The summed E-state index contributed by atoms with van der Waals surface area (Å²) < 4.78 is 13.4. The zero-order chi connectivity index (χ0) is 13.8. The van der Waals surface area contributed by atoms with Crippen molar-refractivity contribution in [2.24, 2.45) is 5.73 Å². The van der Waals surface area contributed by atoms with Gasteiger partial charge in [-0.05, 0) is 48.7 Å². The molecule has 0 saturated carbocycles. The molecule has 0 aliphatic rings. The molecule has 100 valence electrons. The molecule has 2 N–H and O–H groups in total. The van der Waals surface area contributed by atoms with Crippen LogP contribution in [0.15, 0.2) is 41.3 Å². The van der Waals surface area contributed by atoms with E-state index in [1.54, 1.807) is 17.8 Å². The molecular weight excluding hydrogens is 257 g/mol. The molecule has 0 aliphatic carbocycles. The van der Waals surface area contributed by atoms with Crippen molar-refractivity contribution in [1.29, 1.82) is 0 Å². The van der Waals surface area contributed by atoms with E-state index in [-0.39, 0.29) is 5.82 Å². The highest BCUT2D eigenvalue weighted by atomic mass is 32.2. The average molecular weight is 275 g/mol. The third kappa shape index (κ3) is 3.82. The third-order valence-corrected chi connectivity index (χ3v) is 4.22. The van der Waals surface area contributed by atoms with Gasteiger partial charge in [0.1, 0.15) is 5.82 Å². The van der Waals surface area contributed by atoms with E-state index >= 15 is 0 Å². The van der Waals surface area contributed by atoms with Gasteiger partial charge in [-0.2, -0.15) is 0 Å². The molecule has 3 heteroatoms. The minimum absolute atomic E-state index is 0.209. The van der Waals surface area contributed by atoms with Crippen LogP contribution < -0.4 is 5.73 Å². The van der Waals surface area contributed by atoms with Crippen LogP contribution in [0.3, 0.4) is 0 Å². The predicted octanol–water partition coefficient (Wildman–Crippen LogP) is 4.19. The number of nitrogens with two attached hydrogens (primary N) is 1. The SMILES string of the molecule is Cc1ccc(C)c(SCc2cc(F)cc(CN)c2)c1. The fraction of sp³-hybridized carbons (Fsp3) is 0.250. The van der Waals surface area contributed by atoms with Gasteiger partial charge in [0, 0.05) is 17.2 Å². The quantitative estimate of drug-likeness (QED) is 0.847. The lowest BCUT2D eigenvalue weighted by molar-refractivity contribution is 0.624. The molecule has 0 unspecified atom stereocenters. The van der Waals surface area contributed by atoms with Gasteiger partial charge in [-0.3, -0.25) is 0 Å². The first kappa shape index (κ1) is 14.1. The molecule has 0 fully saturated rings. The van der Waals surface area contributed by atoms with Crippen LogP contribution in [0.1, 0.15) is 22.3 Å². The molecule has 19 heavy (non-hydrogen) atoms. The third-order valence-electron chi connectivity index (χ3n) is 2.99. The molecular formula is C16H18FNS. The van der Waals surface area contributed by atoms with E-state index in [0.29, 0.717) is 6.54 Å². The number of aryl methyl sites for hydroxylation is 2. The molecule has 0 saturated heterocycles. The topological polar surface area (TPSA) is 26.0 Å². The number of benzene rings is 2. The summed E-state index contributed by atoms with van der Waals surface area (Å²) in [4.78, 5) is 1.25. The van der Waals surface area contributed by atoms with E-state index in [0.717, 1.165) is 16.9 Å². The Morgan fingerprint density at radius 3 is 2.53 bits per heavy atom. The van der Waals surface area contributed by atoms with Crippen LogP contribution in [0.4, 0.5) is 4.39 Å². The molecule has 2 aromatic carbocycles. The van der Waals surface area contributed by atoms with Crippen LogP contribution in [0.25, 0.3) is 0 Å². The maximum absolute atomic E-state index is 13.4. The Morgan fingerprint density at radius 2 is 1.79 bits per heavy atom. The van der Waals surface area contributed by atoms with Crippen molar-refractivity contribution in [2.45, 2.75) is 31.0 Å². The van der Waals surface area contributed by atoms with E-state index in [9.17, 15) is 4.39 Å². The lowest BCUT2D eigenvalue weighted by Crippen LogP contribution is -1.98. The lowest BCUT2D eigenvalue weighted by Gasteiger charge is -2.08. The summed E-state index contributed by atoms with van der Waals surface area (Å²) in [6, 6.07) is 11.4. The largest absolute Gasteiger partial charge is 0.326 e. The van der Waals surface area contributed by atoms with E-state index in [1.807, 2.05) is 6.07 Å². The number of hydrogen-bond donors (Lipinski definition) is 1. The second kappa shape index (κ2) is 6.22. The number of thioether (sulfide) groups is 1. The van der Waals surface area contributed by atoms with Crippen LogP contribution in [-0.2, 0) is 12.3 Å². The highest BCUT2D eigenvalue weighted by Crippen LogP contribution is 2.27. The minimum Gasteiger partial charge on any atom is -0.326 e. The maximum Gasteiger partial charge on any atom is 0.123 e. The highest BCUT2D eigenvalue weighted by molar-refractivity contribution is 7.98. The highest BCUT2D eigenvalue weighted by Gasteiger charge is 2.03. The Hall–Kier alpha value is -1.32. The van der Waals surface area contributed by atoms with Gasteiger partial charge in [-0.15, -0.1) is 11.8 Å². The van der Waals surface area contributed by atoms with Crippen molar-refractivity contribution < 1.29 is 4.39 Å². The second-order valence-corrected chi connectivity index (χ2v) is 5.75. The summed E-state index contributed by atoms with van der Waals surface area (Å²) in [5, 5.41) is 0. The summed E-state index contributed by atoms with van der Waals surface area (Å²) in [5.74, 6) is 0.550. The molecule has 0 aromatic heterocycles. The minimum atomic E-state index is -0.209. The zero-order valence-corrected chi connectivity index (χ0v) is 12.1. The van der Waals surface area contributed by atoms with Crippen LogP contribution in [-0.4, -0.2) is 0 Å². The lowest BCUT2D eigenvalue weighted by atomic mass is 10.1. The van der Waals surface area contributed by atoms with E-state index in [4.69, 9.17) is 5.73 Å². The van der Waals surface area contributed by atoms with Gasteiger partial charge >= 0.3 is 0 Å². The summed E-state index contributed by atoms with van der Waals surface area (Å²) >= 11 is 1.73. The Kier molecular flexibility index (Phi) is 4.61. The van der Waals surface area contributed by atoms with E-state index in [2.05, 4.69) is 32.0 Å². The van der Waals surface area contributed by atoms with Crippen LogP contribution in [0.2, 0.25) is 0 Å². The summed E-state index contributed by atoms with van der Waals surface area (Å²) in [6.45, 7) is 4.55. The fourth-order valence-corrected chi connectivity index (χ4v) is 3.00. The van der Waals surface area contributed by atoms with Gasteiger partial charge in [0.05, 0.1) is 0 Å². The normalized spacial score (nSPS) is 10.7. The molecule has 1 nitrogen and oxygen atoms in total. The molecule has 0 radical (unpaired) electrons. The maximum atomic E-state index is 13.4. The summed E-state index contributed by atoms with van der Waals surface area (Å²) in [6.07, 6.45) is 0. The molecule has 0 atom stereocenters. The van der Waals surface area contributed by atoms with Crippen LogP contribution in [0, 0.1) is 19.7 Å². The van der Waals surface area contributed by atoms with Gasteiger partial charge in [0.2, 0.25) is 0 Å². The van der Waals surface area contributed by atoms with Crippen molar-refractivity contribution in [3.8, 4) is 0 Å². The molecule has 0 heterocycles. The first-order valence-electron chi connectivity index (χ1n) is 6.27. The van der Waals surface area contributed by atoms with Crippen molar-refractivity contribution in [3.63, 3.8) is 0 Å². The van der Waals surface area contributed by atoms with Gasteiger partial charge < -0.3 is 5.73 Å². The van der Waals surface area contributed by atoms with Crippen molar-refractivity contribution in [1.82, 2.24) is 0 Å². The number of rotatable bonds is 4. The van der Waals surface area contributed by atoms with Crippen LogP contribution in [0.5, 0.6) is 0 Å². The van der Waals surface area contributed by atoms with Gasteiger partial charge in [0.15, 0.2) is 0 Å². The molecule has 0 bridgehead atoms. The molecule has 0 amide bonds. The van der Waals surface area contributed by atoms with E-state index < -0.39 is 0 Å². The molecule has 0 aliphatic heterocycles. The van der Waals surface area contributed by atoms with Crippen molar-refractivity contribution in [2.75, 3.05) is 0 Å². The van der Waals surface area contributed by atoms with Crippen LogP contribution >= 0.6 is 11.8 Å². The van der Waals surface area contributed by atoms with Gasteiger partial charge in [-0.1, -0.05) is 23.8 Å². The van der Waals surface area contributed by atoms with Gasteiger partial charge in [-0.25, -0.2) is 4.39 Å². The van der Waals surface area contributed by atoms with Gasteiger partial charge in [0.25, 0.3) is 0 Å². The average Bonchev–Trinajstić information content (AvgIpc) is 2.39. The first-order chi connectivity index (χ1) is 9.08. The standard InChI is InChI=1S/C16H18FNS/c1-11-3-4-12(2)16(5-11)19-10-14-6-13(9-18)7-15(17)8-14/h3-8H,9-10,18H2,1-2H3. The van der Waals surface area contributed by atoms with Crippen molar-refractivity contribution in [3.05, 3.63) is 64.5 Å². The second-order valence-electron chi connectivity index (χ2n) is 4.73. The predicted molar refractivity (Wildman–Crippen MR) is 79.8 cm³/mol. The molecule has 2 aromatic rings. The smallest absolute Gasteiger partial charge is 0.123 e. The Bertz CT molecular complexity index is 581. The monoisotopic (exact) mass is 275 g/mol. The Morgan fingerprint density at radius 1 is 1.05 bits per heavy atom. The number of halogens is 1.